The van der Waals surface area contributed by atoms with Crippen molar-refractivity contribution in [2.75, 3.05) is 0 Å². The Morgan fingerprint density at radius 2 is 1.78 bits per heavy atom. The van der Waals surface area contributed by atoms with Gasteiger partial charge in [0.05, 0.1) is 0 Å². The highest BCUT2D eigenvalue weighted by Gasteiger charge is 2.30. The van der Waals surface area contributed by atoms with Crippen LogP contribution in [0.2, 0.25) is 0 Å². The van der Waals surface area contributed by atoms with E-state index >= 15 is 0 Å². The zero-order valence-corrected chi connectivity index (χ0v) is 10.9. The second-order valence-electron chi connectivity index (χ2n) is 3.87. The number of unbranched alkanes of at least 4 members (excludes halogenated alkanes) is 1. The van der Waals surface area contributed by atoms with Gasteiger partial charge in [0, 0.05) is 6.04 Å². The van der Waals surface area contributed by atoms with Gasteiger partial charge in [-0.1, -0.05) is 31.9 Å². The molecule has 6 heteroatoms. The quantitative estimate of drug-likeness (QED) is 0.879. The average molecular weight is 284 g/mol. The minimum atomic E-state index is -4.65. The predicted molar refractivity (Wildman–Crippen MR) is 66.8 cm³/mol. The topological polar surface area (TPSA) is 35.2 Å². The van der Waals surface area contributed by atoms with Gasteiger partial charge in [-0.25, -0.2) is 0 Å². The zero-order valence-electron chi connectivity index (χ0n) is 10.0. The van der Waals surface area contributed by atoms with Crippen molar-refractivity contribution in [2.45, 2.75) is 38.6 Å². The van der Waals surface area contributed by atoms with E-state index in [1.165, 1.54) is 12.1 Å². The fourth-order valence-corrected chi connectivity index (χ4v) is 1.51. The van der Waals surface area contributed by atoms with Crippen molar-refractivity contribution in [3.63, 3.8) is 0 Å². The van der Waals surface area contributed by atoms with Crippen LogP contribution in [0.25, 0.3) is 0 Å². The molecular formula is C12H17ClF3NO. The van der Waals surface area contributed by atoms with Crippen molar-refractivity contribution in [2.24, 2.45) is 5.73 Å². The highest BCUT2D eigenvalue weighted by atomic mass is 35.5. The molecule has 2 N–H and O–H groups in total. The molecule has 0 heterocycles. The van der Waals surface area contributed by atoms with Gasteiger partial charge in [0.15, 0.2) is 0 Å². The largest absolute Gasteiger partial charge is 0.573 e. The van der Waals surface area contributed by atoms with E-state index in [9.17, 15) is 13.2 Å². The van der Waals surface area contributed by atoms with Crippen LogP contribution in [-0.2, 0) is 0 Å². The Kier molecular flexibility index (Phi) is 7.09. The number of ether oxygens (including phenoxy) is 1. The Bertz CT molecular complexity index is 340. The van der Waals surface area contributed by atoms with Gasteiger partial charge in [-0.3, -0.25) is 0 Å². The maximum absolute atomic E-state index is 11.9. The van der Waals surface area contributed by atoms with Gasteiger partial charge in [0.2, 0.25) is 0 Å². The van der Waals surface area contributed by atoms with E-state index in [0.29, 0.717) is 0 Å². The molecule has 0 aromatic heterocycles. The third-order valence-corrected chi connectivity index (χ3v) is 2.41. The Balaban J connectivity index is 0.00000289. The van der Waals surface area contributed by atoms with Gasteiger partial charge in [-0.2, -0.15) is 0 Å². The maximum Gasteiger partial charge on any atom is 0.573 e. The number of hydrogen-bond acceptors (Lipinski definition) is 2. The molecule has 1 atom stereocenters. The van der Waals surface area contributed by atoms with Gasteiger partial charge >= 0.3 is 6.36 Å². The maximum atomic E-state index is 11.9. The summed E-state index contributed by atoms with van der Waals surface area (Å²) in [7, 11) is 0. The molecule has 0 amide bonds. The lowest BCUT2D eigenvalue weighted by Crippen LogP contribution is -2.17. The molecule has 0 saturated heterocycles. The molecule has 104 valence electrons. The number of nitrogens with two attached hydrogens (primary N) is 1. The lowest BCUT2D eigenvalue weighted by molar-refractivity contribution is -0.274. The molecule has 2 nitrogen and oxygen atoms in total. The summed E-state index contributed by atoms with van der Waals surface area (Å²) in [6.45, 7) is 2.06. The second-order valence-corrected chi connectivity index (χ2v) is 3.87. The molecule has 1 aromatic rings. The highest BCUT2D eigenvalue weighted by molar-refractivity contribution is 5.85. The van der Waals surface area contributed by atoms with Gasteiger partial charge < -0.3 is 10.5 Å². The van der Waals surface area contributed by atoms with E-state index in [-0.39, 0.29) is 24.2 Å². The second kappa shape index (κ2) is 7.48. The van der Waals surface area contributed by atoms with Crippen LogP contribution in [-0.4, -0.2) is 6.36 Å². The number of rotatable bonds is 5. The van der Waals surface area contributed by atoms with Crippen LogP contribution in [0.4, 0.5) is 13.2 Å². The third kappa shape index (κ3) is 6.12. The zero-order chi connectivity index (χ0) is 12.9. The molecule has 0 spiro atoms. The summed E-state index contributed by atoms with van der Waals surface area (Å²) in [5.74, 6) is -0.219. The summed E-state index contributed by atoms with van der Waals surface area (Å²) in [6, 6.07) is 5.58. The number of halogens is 4. The monoisotopic (exact) mass is 283 g/mol. The van der Waals surface area contributed by atoms with E-state index in [0.717, 1.165) is 24.8 Å². The molecule has 0 aliphatic rings. The molecule has 0 unspecified atom stereocenters. The minimum absolute atomic E-state index is 0. The van der Waals surface area contributed by atoms with Gasteiger partial charge in [0.1, 0.15) is 5.75 Å². The fourth-order valence-electron chi connectivity index (χ4n) is 1.51. The van der Waals surface area contributed by atoms with Gasteiger partial charge in [0.25, 0.3) is 0 Å². The molecule has 1 aromatic carbocycles. The Morgan fingerprint density at radius 3 is 2.22 bits per heavy atom. The summed E-state index contributed by atoms with van der Waals surface area (Å²) in [5, 5.41) is 0. The molecule has 0 bridgehead atoms. The van der Waals surface area contributed by atoms with E-state index in [4.69, 9.17) is 5.73 Å². The minimum Gasteiger partial charge on any atom is -0.406 e. The van der Waals surface area contributed by atoms with Crippen molar-refractivity contribution in [3.05, 3.63) is 29.8 Å². The SMILES string of the molecule is CCCC[C@H](N)c1ccc(OC(F)(F)F)cc1.Cl. The molecule has 1 rings (SSSR count). The van der Waals surface area contributed by atoms with Gasteiger partial charge in [-0.05, 0) is 24.1 Å². The summed E-state index contributed by atoms with van der Waals surface area (Å²) < 4.78 is 39.5. The van der Waals surface area contributed by atoms with Crippen molar-refractivity contribution in [3.8, 4) is 5.75 Å². The number of hydrogen-bond donors (Lipinski definition) is 1. The summed E-state index contributed by atoms with van der Waals surface area (Å²) in [4.78, 5) is 0. The van der Waals surface area contributed by atoms with Crippen molar-refractivity contribution >= 4 is 12.4 Å². The van der Waals surface area contributed by atoms with Crippen LogP contribution in [0, 0.1) is 0 Å². The lowest BCUT2D eigenvalue weighted by atomic mass is 10.0. The van der Waals surface area contributed by atoms with E-state index in [1.54, 1.807) is 12.1 Å². The van der Waals surface area contributed by atoms with E-state index in [1.807, 2.05) is 0 Å². The summed E-state index contributed by atoms with van der Waals surface area (Å²) >= 11 is 0. The first kappa shape index (κ1) is 17.1. The van der Waals surface area contributed by atoms with Crippen LogP contribution < -0.4 is 10.5 Å². The molecule has 0 aliphatic heterocycles. The molecule has 18 heavy (non-hydrogen) atoms. The van der Waals surface area contributed by atoms with E-state index in [2.05, 4.69) is 11.7 Å². The van der Waals surface area contributed by atoms with Crippen molar-refractivity contribution < 1.29 is 17.9 Å². The molecule has 0 saturated carbocycles. The number of alkyl halides is 3. The van der Waals surface area contributed by atoms with Crippen LogP contribution in [0.15, 0.2) is 24.3 Å². The Morgan fingerprint density at radius 1 is 1.22 bits per heavy atom. The average Bonchev–Trinajstić information content (AvgIpc) is 2.24. The summed E-state index contributed by atoms with van der Waals surface area (Å²) in [6.07, 6.45) is -1.77. The van der Waals surface area contributed by atoms with Crippen LogP contribution in [0.3, 0.4) is 0 Å². The van der Waals surface area contributed by atoms with Crippen molar-refractivity contribution in [1.29, 1.82) is 0 Å². The van der Waals surface area contributed by atoms with Crippen LogP contribution in [0.5, 0.6) is 5.75 Å². The Labute approximate surface area is 111 Å². The summed E-state index contributed by atoms with van der Waals surface area (Å²) in [5.41, 5.74) is 6.72. The van der Waals surface area contributed by atoms with Crippen molar-refractivity contribution in [1.82, 2.24) is 0 Å². The predicted octanol–water partition coefficient (Wildman–Crippen LogP) is 4.20. The molecule has 0 radical (unpaired) electrons. The fraction of sp³-hybridized carbons (Fsp3) is 0.500. The first-order valence-electron chi connectivity index (χ1n) is 5.53. The molecule has 0 aliphatic carbocycles. The Hall–Kier alpha value is -0.940. The smallest absolute Gasteiger partial charge is 0.406 e. The molecule has 0 fully saturated rings. The van der Waals surface area contributed by atoms with Crippen LogP contribution >= 0.6 is 12.4 Å². The van der Waals surface area contributed by atoms with E-state index < -0.39 is 6.36 Å². The van der Waals surface area contributed by atoms with Crippen LogP contribution in [0.1, 0.15) is 37.8 Å². The lowest BCUT2D eigenvalue weighted by Gasteiger charge is -2.13. The standard InChI is InChI=1S/C12H16F3NO.ClH/c1-2-3-4-11(16)9-5-7-10(8-6-9)17-12(13,14)15;/h5-8,11H,2-4,16H2,1H3;1H/t11-;/m0./s1. The normalized spacial score (nSPS) is 12.7. The first-order chi connectivity index (χ1) is 7.92. The number of benzene rings is 1. The van der Waals surface area contributed by atoms with Gasteiger partial charge in [-0.15, -0.1) is 25.6 Å². The molecular weight excluding hydrogens is 267 g/mol. The highest BCUT2D eigenvalue weighted by Crippen LogP contribution is 2.25. The third-order valence-electron chi connectivity index (χ3n) is 2.41. The first-order valence-corrected chi connectivity index (χ1v) is 5.53.